The average molecular weight is 311 g/mol. The van der Waals surface area contributed by atoms with Crippen LogP contribution in [-0.4, -0.2) is 15.9 Å². The minimum atomic E-state index is -0.151. The smallest absolute Gasteiger partial charge is 0.225 e. The van der Waals surface area contributed by atoms with Gasteiger partial charge in [-0.25, -0.2) is 0 Å². The molecule has 2 aromatic rings. The Kier molecular flexibility index (Phi) is 3.66. The highest BCUT2D eigenvalue weighted by Crippen LogP contribution is 2.38. The number of hydrogen-bond acceptors (Lipinski definition) is 3. The van der Waals surface area contributed by atoms with Crippen molar-refractivity contribution in [3.8, 4) is 0 Å². The number of thiocarbonyl (C=S) groups is 1. The Morgan fingerprint density at radius 2 is 2.00 bits per heavy atom. The van der Waals surface area contributed by atoms with Crippen LogP contribution in [0.5, 0.6) is 0 Å². The number of fused-ring (bicyclic) bond motifs is 1. The van der Waals surface area contributed by atoms with Crippen LogP contribution in [0, 0.1) is 0 Å². The van der Waals surface area contributed by atoms with E-state index >= 15 is 0 Å². The van der Waals surface area contributed by atoms with Gasteiger partial charge in [0.05, 0.1) is 0 Å². The minimum absolute atomic E-state index is 0.0476. The van der Waals surface area contributed by atoms with Crippen LogP contribution in [0.15, 0.2) is 42.7 Å². The number of nitrogens with zero attached hydrogens (tertiary/aromatic N) is 1. The summed E-state index contributed by atoms with van der Waals surface area (Å²) in [4.78, 5) is 16.4. The van der Waals surface area contributed by atoms with E-state index in [1.165, 1.54) is 0 Å². The molecule has 4 nitrogen and oxygen atoms in total. The molecule has 0 saturated carbocycles. The normalized spacial score (nSPS) is 15.6. The molecule has 112 valence electrons. The van der Waals surface area contributed by atoms with Gasteiger partial charge in [-0.3, -0.25) is 9.78 Å². The zero-order chi connectivity index (χ0) is 15.7. The third-order valence-electron chi connectivity index (χ3n) is 3.83. The van der Waals surface area contributed by atoms with Gasteiger partial charge in [0.25, 0.3) is 0 Å². The third kappa shape index (κ3) is 2.85. The van der Waals surface area contributed by atoms with E-state index in [-0.39, 0.29) is 11.3 Å². The lowest BCUT2D eigenvalue weighted by Crippen LogP contribution is -2.32. The fraction of sp³-hybridized carbons (Fsp3) is 0.235. The molecule has 1 aromatic carbocycles. The Morgan fingerprint density at radius 3 is 2.73 bits per heavy atom. The predicted molar refractivity (Wildman–Crippen MR) is 92.3 cm³/mol. The molecule has 2 heterocycles. The summed E-state index contributed by atoms with van der Waals surface area (Å²) >= 11 is 5.40. The van der Waals surface area contributed by atoms with E-state index < -0.39 is 0 Å². The highest BCUT2D eigenvalue weighted by Gasteiger charge is 2.31. The van der Waals surface area contributed by atoms with E-state index in [4.69, 9.17) is 12.2 Å². The lowest BCUT2D eigenvalue weighted by atomic mass is 9.78. The summed E-state index contributed by atoms with van der Waals surface area (Å²) in [5.41, 5.74) is 3.61. The van der Waals surface area contributed by atoms with Gasteiger partial charge in [-0.15, -0.1) is 0 Å². The van der Waals surface area contributed by atoms with Crippen LogP contribution in [0.4, 0.5) is 11.4 Å². The van der Waals surface area contributed by atoms with E-state index in [2.05, 4.69) is 29.5 Å². The third-order valence-corrected chi connectivity index (χ3v) is 4.16. The number of aromatic nitrogens is 1. The first-order valence-corrected chi connectivity index (χ1v) is 7.52. The summed E-state index contributed by atoms with van der Waals surface area (Å²) in [6.45, 7) is 4.17. The quantitative estimate of drug-likeness (QED) is 0.834. The van der Waals surface area contributed by atoms with Gasteiger partial charge >= 0.3 is 0 Å². The molecule has 1 amide bonds. The number of hydrogen-bond donors (Lipinski definition) is 2. The number of benzene rings is 1. The topological polar surface area (TPSA) is 54.0 Å². The molecular formula is C17H17N3OS. The van der Waals surface area contributed by atoms with Gasteiger partial charge in [0, 0.05) is 41.2 Å². The summed E-state index contributed by atoms with van der Waals surface area (Å²) in [6, 6.07) is 9.69. The van der Waals surface area contributed by atoms with Crippen LogP contribution in [0.3, 0.4) is 0 Å². The van der Waals surface area contributed by atoms with E-state index in [0.29, 0.717) is 11.4 Å². The van der Waals surface area contributed by atoms with E-state index in [0.717, 1.165) is 22.5 Å². The van der Waals surface area contributed by atoms with E-state index in [9.17, 15) is 4.79 Å². The molecule has 0 bridgehead atoms. The SMILES string of the molecule is CC1(C)CC(=O)Nc2cc(NC(=S)c3ccncc3)ccc21. The second kappa shape index (κ2) is 5.50. The Morgan fingerprint density at radius 1 is 1.27 bits per heavy atom. The fourth-order valence-electron chi connectivity index (χ4n) is 2.71. The predicted octanol–water partition coefficient (Wildman–Crippen LogP) is 3.49. The highest BCUT2D eigenvalue weighted by atomic mass is 32.1. The van der Waals surface area contributed by atoms with Crippen molar-refractivity contribution in [3.63, 3.8) is 0 Å². The van der Waals surface area contributed by atoms with Crippen molar-refractivity contribution < 1.29 is 4.79 Å². The molecule has 0 atom stereocenters. The van der Waals surface area contributed by atoms with Crippen molar-refractivity contribution in [2.75, 3.05) is 10.6 Å². The molecule has 0 radical (unpaired) electrons. The standard InChI is InChI=1S/C17H17N3OS/c1-17(2)10-15(21)20-14-9-12(3-4-13(14)17)19-16(22)11-5-7-18-8-6-11/h3-9H,10H2,1-2H3,(H,19,22)(H,20,21). The van der Waals surface area contributed by atoms with E-state index in [1.807, 2.05) is 30.3 Å². The molecule has 1 aromatic heterocycles. The van der Waals surface area contributed by atoms with Gasteiger partial charge in [-0.1, -0.05) is 32.1 Å². The molecule has 0 fully saturated rings. The largest absolute Gasteiger partial charge is 0.346 e. The monoisotopic (exact) mass is 311 g/mol. The summed E-state index contributed by atoms with van der Waals surface area (Å²) in [5.74, 6) is 0.0476. The van der Waals surface area contributed by atoms with Crippen molar-refractivity contribution in [3.05, 3.63) is 53.9 Å². The summed E-state index contributed by atoms with van der Waals surface area (Å²) < 4.78 is 0. The van der Waals surface area contributed by atoms with Crippen LogP contribution < -0.4 is 10.6 Å². The fourth-order valence-corrected chi connectivity index (χ4v) is 2.97. The molecule has 0 saturated heterocycles. The molecule has 0 unspecified atom stereocenters. The molecule has 0 aliphatic carbocycles. The van der Waals surface area contributed by atoms with Gasteiger partial charge in [-0.05, 0) is 29.8 Å². The van der Waals surface area contributed by atoms with Crippen molar-refractivity contribution in [2.45, 2.75) is 25.7 Å². The minimum Gasteiger partial charge on any atom is -0.346 e. The van der Waals surface area contributed by atoms with Crippen molar-refractivity contribution in [1.82, 2.24) is 4.98 Å². The van der Waals surface area contributed by atoms with Crippen molar-refractivity contribution in [2.24, 2.45) is 0 Å². The maximum Gasteiger partial charge on any atom is 0.225 e. The molecule has 3 rings (SSSR count). The van der Waals surface area contributed by atoms with Crippen LogP contribution in [0.1, 0.15) is 31.4 Å². The zero-order valence-electron chi connectivity index (χ0n) is 12.5. The highest BCUT2D eigenvalue weighted by molar-refractivity contribution is 7.81. The number of anilines is 2. The number of carbonyl (C=O) groups excluding carboxylic acids is 1. The Bertz CT molecular complexity index is 741. The van der Waals surface area contributed by atoms with Crippen LogP contribution in [-0.2, 0) is 10.2 Å². The summed E-state index contributed by atoms with van der Waals surface area (Å²) in [7, 11) is 0. The van der Waals surface area contributed by atoms with Crippen molar-refractivity contribution >= 4 is 34.5 Å². The molecule has 22 heavy (non-hydrogen) atoms. The molecule has 0 spiro atoms. The molecular weight excluding hydrogens is 294 g/mol. The van der Waals surface area contributed by atoms with Gasteiger partial charge in [0.1, 0.15) is 4.99 Å². The van der Waals surface area contributed by atoms with E-state index in [1.54, 1.807) is 12.4 Å². The Labute approximate surface area is 135 Å². The first-order valence-electron chi connectivity index (χ1n) is 7.11. The summed E-state index contributed by atoms with van der Waals surface area (Å²) in [6.07, 6.45) is 3.92. The van der Waals surface area contributed by atoms with Gasteiger partial charge in [0.15, 0.2) is 0 Å². The number of nitrogens with one attached hydrogen (secondary N) is 2. The second-order valence-electron chi connectivity index (χ2n) is 6.06. The first kappa shape index (κ1) is 14.7. The Balaban J connectivity index is 1.87. The lowest BCUT2D eigenvalue weighted by Gasteiger charge is -2.32. The molecule has 1 aliphatic heterocycles. The maximum absolute atomic E-state index is 11.8. The number of rotatable bonds is 2. The maximum atomic E-state index is 11.8. The number of carbonyl (C=O) groups is 1. The number of amides is 1. The molecule has 2 N–H and O–H groups in total. The average Bonchev–Trinajstić information content (AvgIpc) is 2.46. The van der Waals surface area contributed by atoms with Gasteiger partial charge in [-0.2, -0.15) is 0 Å². The van der Waals surface area contributed by atoms with Crippen LogP contribution >= 0.6 is 12.2 Å². The Hall–Kier alpha value is -2.27. The van der Waals surface area contributed by atoms with Crippen molar-refractivity contribution in [1.29, 1.82) is 0 Å². The molecule has 1 aliphatic rings. The van der Waals surface area contributed by atoms with Crippen LogP contribution in [0.2, 0.25) is 0 Å². The lowest BCUT2D eigenvalue weighted by molar-refractivity contribution is -0.117. The number of pyridine rings is 1. The van der Waals surface area contributed by atoms with Gasteiger partial charge < -0.3 is 10.6 Å². The second-order valence-corrected chi connectivity index (χ2v) is 6.47. The summed E-state index contributed by atoms with van der Waals surface area (Å²) in [5, 5.41) is 6.14. The van der Waals surface area contributed by atoms with Gasteiger partial charge in [0.2, 0.25) is 5.91 Å². The molecule has 5 heteroatoms. The first-order chi connectivity index (χ1) is 10.5. The van der Waals surface area contributed by atoms with Crippen LogP contribution in [0.25, 0.3) is 0 Å². The zero-order valence-corrected chi connectivity index (χ0v) is 13.3.